The fourth-order valence-corrected chi connectivity index (χ4v) is 4.78. The van der Waals surface area contributed by atoms with Crippen LogP contribution in [0, 0.1) is 17.8 Å². The van der Waals surface area contributed by atoms with Crippen molar-refractivity contribution >= 4 is 52.7 Å². The van der Waals surface area contributed by atoms with E-state index in [1.807, 2.05) is 43.7 Å². The van der Waals surface area contributed by atoms with E-state index >= 15 is 0 Å². The Labute approximate surface area is 164 Å². The summed E-state index contributed by atoms with van der Waals surface area (Å²) in [6.07, 6.45) is 0. The second-order valence-corrected chi connectivity index (χ2v) is 8.86. The van der Waals surface area contributed by atoms with Crippen LogP contribution in [0.4, 0.5) is 0 Å². The summed E-state index contributed by atoms with van der Waals surface area (Å²) >= 11 is 14.1. The molecule has 1 aromatic carbocycles. The Balaban J connectivity index is 1.75. The molecule has 0 fully saturated rings. The molecular formula is C17H16ClN3OS3. The molecule has 0 radical (unpaired) electrons. The predicted octanol–water partition coefficient (Wildman–Crippen LogP) is 5.25. The maximum absolute atomic E-state index is 12.5. The smallest absolute Gasteiger partial charge is 0.184 e. The molecule has 25 heavy (non-hydrogen) atoms. The van der Waals surface area contributed by atoms with E-state index in [0.29, 0.717) is 14.7 Å². The first-order valence-corrected chi connectivity index (χ1v) is 10.1. The van der Waals surface area contributed by atoms with E-state index in [2.05, 4.69) is 5.10 Å². The molecule has 0 amide bonds. The summed E-state index contributed by atoms with van der Waals surface area (Å²) in [5.41, 5.74) is 3.70. The third kappa shape index (κ3) is 3.89. The van der Waals surface area contributed by atoms with E-state index in [1.54, 1.807) is 16.8 Å². The van der Waals surface area contributed by atoms with Crippen LogP contribution < -0.4 is 0 Å². The van der Waals surface area contributed by atoms with Gasteiger partial charge in [0.25, 0.3) is 0 Å². The Morgan fingerprint density at radius 3 is 2.60 bits per heavy atom. The lowest BCUT2D eigenvalue weighted by Crippen LogP contribution is -2.04. The average Bonchev–Trinajstić information content (AvgIpc) is 3.08. The number of hydrogen-bond acceptors (Lipinski definition) is 5. The molecule has 2 heterocycles. The van der Waals surface area contributed by atoms with Crippen LogP contribution in [0.1, 0.15) is 21.7 Å². The van der Waals surface area contributed by atoms with Crippen LogP contribution in [-0.4, -0.2) is 25.9 Å². The first-order chi connectivity index (χ1) is 11.9. The molecule has 0 atom stereocenters. The lowest BCUT2D eigenvalue weighted by molar-refractivity contribution is 0.102. The van der Waals surface area contributed by atoms with Gasteiger partial charge in [-0.3, -0.25) is 4.79 Å². The largest absolute Gasteiger partial charge is 0.351 e. The molecule has 4 nitrogen and oxygen atoms in total. The number of aryl methyl sites for hydroxylation is 1. The van der Waals surface area contributed by atoms with Crippen molar-refractivity contribution in [1.82, 2.24) is 14.3 Å². The van der Waals surface area contributed by atoms with Crippen molar-refractivity contribution < 1.29 is 4.79 Å². The SMILES string of the molecule is Cc1cc(C(=O)CSc2nn(-c3ccc(Cl)cc3)c(=S)s2)c(C)n1C. The number of hydrogen-bond donors (Lipinski definition) is 0. The Kier molecular flexibility index (Phi) is 5.48. The molecule has 0 bridgehead atoms. The summed E-state index contributed by atoms with van der Waals surface area (Å²) in [6, 6.07) is 9.28. The number of benzene rings is 1. The molecule has 0 aliphatic rings. The zero-order chi connectivity index (χ0) is 18.1. The van der Waals surface area contributed by atoms with Crippen LogP contribution in [0.15, 0.2) is 34.7 Å². The molecule has 2 aromatic heterocycles. The molecule has 0 saturated carbocycles. The van der Waals surface area contributed by atoms with Crippen molar-refractivity contribution in [1.29, 1.82) is 0 Å². The number of ketones is 1. The van der Waals surface area contributed by atoms with Crippen LogP contribution in [0.25, 0.3) is 5.69 Å². The van der Waals surface area contributed by atoms with E-state index in [-0.39, 0.29) is 5.78 Å². The lowest BCUT2D eigenvalue weighted by Gasteiger charge is -2.02. The number of rotatable bonds is 5. The highest BCUT2D eigenvalue weighted by molar-refractivity contribution is 8.01. The standard InChI is InChI=1S/C17H16ClN3OS3/c1-10-8-14(11(2)20(10)3)15(22)9-24-16-19-21(17(23)25-16)13-6-4-12(18)5-7-13/h4-8H,9H2,1-3H3. The van der Waals surface area contributed by atoms with Gasteiger partial charge in [-0.25, -0.2) is 4.68 Å². The van der Waals surface area contributed by atoms with Crippen LogP contribution in [0.3, 0.4) is 0 Å². The summed E-state index contributed by atoms with van der Waals surface area (Å²) in [4.78, 5) is 12.5. The third-order valence-corrected chi connectivity index (χ3v) is 6.62. The molecule has 0 spiro atoms. The highest BCUT2D eigenvalue weighted by Gasteiger charge is 2.15. The van der Waals surface area contributed by atoms with Crippen molar-refractivity contribution in [3.05, 3.63) is 56.3 Å². The van der Waals surface area contributed by atoms with Gasteiger partial charge in [-0.1, -0.05) is 34.7 Å². The summed E-state index contributed by atoms with van der Waals surface area (Å²) in [5, 5.41) is 5.18. The first kappa shape index (κ1) is 18.4. The minimum atomic E-state index is 0.102. The van der Waals surface area contributed by atoms with E-state index in [4.69, 9.17) is 23.8 Å². The zero-order valence-electron chi connectivity index (χ0n) is 13.9. The van der Waals surface area contributed by atoms with E-state index in [0.717, 1.165) is 27.0 Å². The summed E-state index contributed by atoms with van der Waals surface area (Å²) < 4.78 is 5.14. The van der Waals surface area contributed by atoms with Gasteiger partial charge in [0.05, 0.1) is 11.4 Å². The van der Waals surface area contributed by atoms with Crippen molar-refractivity contribution in [3.63, 3.8) is 0 Å². The van der Waals surface area contributed by atoms with Gasteiger partial charge < -0.3 is 4.57 Å². The van der Waals surface area contributed by atoms with Gasteiger partial charge in [-0.2, -0.15) is 0 Å². The van der Waals surface area contributed by atoms with Gasteiger partial charge in [0.1, 0.15) is 0 Å². The summed E-state index contributed by atoms with van der Waals surface area (Å²) in [6.45, 7) is 3.96. The van der Waals surface area contributed by atoms with Gasteiger partial charge in [-0.05, 0) is 56.4 Å². The number of aromatic nitrogens is 3. The predicted molar refractivity (Wildman–Crippen MR) is 107 cm³/mol. The molecule has 3 aromatic rings. The Morgan fingerprint density at radius 2 is 2.00 bits per heavy atom. The monoisotopic (exact) mass is 409 g/mol. The highest BCUT2D eigenvalue weighted by atomic mass is 35.5. The van der Waals surface area contributed by atoms with Crippen LogP contribution in [0.5, 0.6) is 0 Å². The van der Waals surface area contributed by atoms with Gasteiger partial charge in [0, 0.05) is 29.0 Å². The number of carbonyl (C=O) groups excluding carboxylic acids is 1. The molecule has 0 N–H and O–H groups in total. The molecule has 8 heteroatoms. The van der Waals surface area contributed by atoms with E-state index in [9.17, 15) is 4.79 Å². The number of carbonyl (C=O) groups is 1. The maximum Gasteiger partial charge on any atom is 0.184 e. The molecule has 0 aliphatic carbocycles. The lowest BCUT2D eigenvalue weighted by atomic mass is 10.2. The van der Waals surface area contributed by atoms with Gasteiger partial charge in [0.2, 0.25) is 0 Å². The minimum absolute atomic E-state index is 0.102. The number of Topliss-reactive ketones (excluding diaryl/α,β-unsaturated/α-hetero) is 1. The van der Waals surface area contributed by atoms with Crippen molar-refractivity contribution in [2.75, 3.05) is 5.75 Å². The summed E-state index contributed by atoms with van der Waals surface area (Å²) in [5.74, 6) is 0.443. The molecule has 0 unspecified atom stereocenters. The van der Waals surface area contributed by atoms with Crippen LogP contribution in [-0.2, 0) is 7.05 Å². The molecular weight excluding hydrogens is 394 g/mol. The normalized spacial score (nSPS) is 11.0. The Bertz CT molecular complexity index is 986. The summed E-state index contributed by atoms with van der Waals surface area (Å²) in [7, 11) is 1.97. The molecule has 130 valence electrons. The fourth-order valence-electron chi connectivity index (χ4n) is 2.41. The number of halogens is 1. The molecule has 0 aliphatic heterocycles. The minimum Gasteiger partial charge on any atom is -0.351 e. The Morgan fingerprint density at radius 1 is 1.32 bits per heavy atom. The third-order valence-electron chi connectivity index (χ3n) is 4.00. The van der Waals surface area contributed by atoms with E-state index in [1.165, 1.54) is 23.1 Å². The highest BCUT2D eigenvalue weighted by Crippen LogP contribution is 2.26. The van der Waals surface area contributed by atoms with Crippen molar-refractivity contribution in [3.8, 4) is 5.69 Å². The zero-order valence-corrected chi connectivity index (χ0v) is 17.2. The second-order valence-electron chi connectivity index (χ2n) is 5.58. The van der Waals surface area contributed by atoms with Crippen LogP contribution in [0.2, 0.25) is 5.02 Å². The topological polar surface area (TPSA) is 39.8 Å². The second kappa shape index (κ2) is 7.45. The quantitative estimate of drug-likeness (QED) is 0.328. The molecule has 3 rings (SSSR count). The number of thioether (sulfide) groups is 1. The molecule has 0 saturated heterocycles. The first-order valence-electron chi connectivity index (χ1n) is 7.52. The Hall–Kier alpha value is -1.41. The van der Waals surface area contributed by atoms with Gasteiger partial charge in [-0.15, -0.1) is 5.10 Å². The van der Waals surface area contributed by atoms with Crippen molar-refractivity contribution in [2.24, 2.45) is 7.05 Å². The maximum atomic E-state index is 12.5. The van der Waals surface area contributed by atoms with Gasteiger partial charge >= 0.3 is 0 Å². The van der Waals surface area contributed by atoms with Gasteiger partial charge in [0.15, 0.2) is 14.1 Å². The van der Waals surface area contributed by atoms with Crippen molar-refractivity contribution in [2.45, 2.75) is 18.2 Å². The van der Waals surface area contributed by atoms with Crippen LogP contribution >= 0.6 is 46.9 Å². The van der Waals surface area contributed by atoms with E-state index < -0.39 is 0 Å². The number of nitrogens with zero attached hydrogens (tertiary/aromatic N) is 3. The fraction of sp³-hybridized carbons (Fsp3) is 0.235. The average molecular weight is 410 g/mol.